The maximum absolute atomic E-state index is 11.6. The second-order valence-corrected chi connectivity index (χ2v) is 5.07. The lowest BCUT2D eigenvalue weighted by Gasteiger charge is -1.98. The topological polar surface area (TPSA) is 74.0 Å². The number of aromatic nitrogens is 2. The number of rotatable bonds is 3. The van der Waals surface area contributed by atoms with Crippen LogP contribution >= 0.6 is 11.3 Å². The van der Waals surface area contributed by atoms with Crippen molar-refractivity contribution in [1.82, 2.24) is 9.55 Å². The number of hydrogen-bond acceptors (Lipinski definition) is 5. The summed E-state index contributed by atoms with van der Waals surface area (Å²) in [7, 11) is 0. The first-order chi connectivity index (χ1) is 9.22. The standard InChI is InChI=1S/C13H13N3O2S/c1-2-16-10-4-3-8(5-11(10)18-13(16)17)9-7-19-12(6-14)15-9/h3-5,7H,2,6,14H2,1H3. The van der Waals surface area contributed by atoms with Gasteiger partial charge in [-0.3, -0.25) is 4.57 Å². The van der Waals surface area contributed by atoms with Gasteiger partial charge in [-0.25, -0.2) is 9.78 Å². The van der Waals surface area contributed by atoms with Gasteiger partial charge in [0.25, 0.3) is 0 Å². The van der Waals surface area contributed by atoms with Crippen LogP contribution in [0.5, 0.6) is 0 Å². The van der Waals surface area contributed by atoms with Crippen LogP contribution in [-0.2, 0) is 13.1 Å². The molecule has 0 spiro atoms. The van der Waals surface area contributed by atoms with Gasteiger partial charge in [0, 0.05) is 24.0 Å². The zero-order chi connectivity index (χ0) is 13.4. The van der Waals surface area contributed by atoms with Gasteiger partial charge < -0.3 is 10.2 Å². The van der Waals surface area contributed by atoms with E-state index in [-0.39, 0.29) is 5.76 Å². The number of oxazole rings is 1. The first-order valence-corrected chi connectivity index (χ1v) is 6.89. The van der Waals surface area contributed by atoms with Crippen LogP contribution in [0.25, 0.3) is 22.4 Å². The monoisotopic (exact) mass is 275 g/mol. The van der Waals surface area contributed by atoms with E-state index in [2.05, 4.69) is 4.98 Å². The lowest BCUT2D eigenvalue weighted by Crippen LogP contribution is -2.11. The van der Waals surface area contributed by atoms with Crippen molar-refractivity contribution >= 4 is 22.4 Å². The first-order valence-electron chi connectivity index (χ1n) is 6.01. The Morgan fingerprint density at radius 1 is 1.47 bits per heavy atom. The van der Waals surface area contributed by atoms with Gasteiger partial charge in [-0.15, -0.1) is 11.3 Å². The molecule has 3 aromatic rings. The highest BCUT2D eigenvalue weighted by atomic mass is 32.1. The molecule has 2 heterocycles. The third-order valence-corrected chi connectivity index (χ3v) is 3.88. The van der Waals surface area contributed by atoms with E-state index < -0.39 is 0 Å². The minimum atomic E-state index is -0.324. The number of thiazole rings is 1. The highest BCUT2D eigenvalue weighted by Crippen LogP contribution is 2.25. The summed E-state index contributed by atoms with van der Waals surface area (Å²) in [6.07, 6.45) is 0. The molecule has 0 unspecified atom stereocenters. The largest absolute Gasteiger partial charge is 0.419 e. The maximum atomic E-state index is 11.6. The van der Waals surface area contributed by atoms with Gasteiger partial charge in [-0.2, -0.15) is 0 Å². The van der Waals surface area contributed by atoms with Gasteiger partial charge in [0.15, 0.2) is 5.58 Å². The molecule has 0 radical (unpaired) electrons. The number of fused-ring (bicyclic) bond motifs is 1. The van der Waals surface area contributed by atoms with Crippen LogP contribution in [0.1, 0.15) is 11.9 Å². The number of benzene rings is 1. The molecular formula is C13H13N3O2S. The van der Waals surface area contributed by atoms with Crippen molar-refractivity contribution in [2.75, 3.05) is 0 Å². The van der Waals surface area contributed by atoms with E-state index in [1.807, 2.05) is 30.5 Å². The summed E-state index contributed by atoms with van der Waals surface area (Å²) in [5, 5.41) is 2.85. The maximum Gasteiger partial charge on any atom is 0.419 e. The van der Waals surface area contributed by atoms with E-state index in [9.17, 15) is 4.79 Å². The number of aryl methyl sites for hydroxylation is 1. The molecule has 0 bridgehead atoms. The Labute approximate surface area is 113 Å². The van der Waals surface area contributed by atoms with E-state index in [1.165, 1.54) is 11.3 Å². The molecule has 2 aromatic heterocycles. The lowest BCUT2D eigenvalue weighted by molar-refractivity contribution is 0.513. The van der Waals surface area contributed by atoms with Crippen LogP contribution in [-0.4, -0.2) is 9.55 Å². The molecule has 19 heavy (non-hydrogen) atoms. The van der Waals surface area contributed by atoms with Crippen LogP contribution in [0.4, 0.5) is 0 Å². The van der Waals surface area contributed by atoms with Crippen molar-refractivity contribution < 1.29 is 4.42 Å². The van der Waals surface area contributed by atoms with Crippen molar-refractivity contribution in [2.24, 2.45) is 5.73 Å². The molecule has 6 heteroatoms. The average molecular weight is 275 g/mol. The molecular weight excluding hydrogens is 262 g/mol. The summed E-state index contributed by atoms with van der Waals surface area (Å²) in [4.78, 5) is 16.1. The number of hydrogen-bond donors (Lipinski definition) is 1. The van der Waals surface area contributed by atoms with E-state index in [0.717, 1.165) is 21.8 Å². The molecule has 0 saturated heterocycles. The Balaban J connectivity index is 2.14. The van der Waals surface area contributed by atoms with Crippen LogP contribution < -0.4 is 11.5 Å². The third kappa shape index (κ3) is 1.98. The minimum Gasteiger partial charge on any atom is -0.408 e. The Morgan fingerprint density at radius 2 is 2.32 bits per heavy atom. The SMILES string of the molecule is CCn1c(=O)oc2cc(-c3csc(CN)n3)ccc21. The summed E-state index contributed by atoms with van der Waals surface area (Å²) >= 11 is 1.53. The molecule has 0 atom stereocenters. The average Bonchev–Trinajstić information content (AvgIpc) is 3.00. The third-order valence-electron chi connectivity index (χ3n) is 3.01. The van der Waals surface area contributed by atoms with Crippen molar-refractivity contribution in [2.45, 2.75) is 20.0 Å². The molecule has 98 valence electrons. The van der Waals surface area contributed by atoms with Crippen LogP contribution in [0.3, 0.4) is 0 Å². The molecule has 0 aliphatic heterocycles. The van der Waals surface area contributed by atoms with E-state index in [4.69, 9.17) is 10.2 Å². The quantitative estimate of drug-likeness (QED) is 0.795. The summed E-state index contributed by atoms with van der Waals surface area (Å²) in [6, 6.07) is 5.68. The fraction of sp³-hybridized carbons (Fsp3) is 0.231. The number of nitrogens with zero attached hydrogens (tertiary/aromatic N) is 2. The summed E-state index contributed by atoms with van der Waals surface area (Å²) in [5.74, 6) is -0.324. The fourth-order valence-electron chi connectivity index (χ4n) is 2.06. The number of nitrogens with two attached hydrogens (primary N) is 1. The highest BCUT2D eigenvalue weighted by molar-refractivity contribution is 7.09. The predicted octanol–water partition coefficient (Wildman–Crippen LogP) is 2.20. The normalized spacial score (nSPS) is 11.3. The summed E-state index contributed by atoms with van der Waals surface area (Å²) in [6.45, 7) is 2.95. The van der Waals surface area contributed by atoms with Gasteiger partial charge >= 0.3 is 5.76 Å². The molecule has 0 amide bonds. The molecule has 0 aliphatic rings. The molecule has 1 aromatic carbocycles. The second-order valence-electron chi connectivity index (χ2n) is 4.13. The minimum absolute atomic E-state index is 0.324. The fourth-order valence-corrected chi connectivity index (χ4v) is 2.75. The molecule has 3 rings (SSSR count). The van der Waals surface area contributed by atoms with Crippen molar-refractivity contribution in [3.63, 3.8) is 0 Å². The van der Waals surface area contributed by atoms with Crippen LogP contribution in [0.15, 0.2) is 32.8 Å². The van der Waals surface area contributed by atoms with Crippen molar-refractivity contribution in [1.29, 1.82) is 0 Å². The zero-order valence-corrected chi connectivity index (χ0v) is 11.2. The molecule has 0 aliphatic carbocycles. The Kier molecular flexibility index (Phi) is 2.96. The second kappa shape index (κ2) is 4.64. The van der Waals surface area contributed by atoms with Crippen molar-refractivity contribution in [3.8, 4) is 11.3 Å². The van der Waals surface area contributed by atoms with E-state index in [0.29, 0.717) is 18.7 Å². The Hall–Kier alpha value is -1.92. The van der Waals surface area contributed by atoms with Gasteiger partial charge in [0.1, 0.15) is 5.01 Å². The highest BCUT2D eigenvalue weighted by Gasteiger charge is 2.10. The lowest BCUT2D eigenvalue weighted by atomic mass is 10.1. The zero-order valence-electron chi connectivity index (χ0n) is 10.4. The molecule has 5 nitrogen and oxygen atoms in total. The van der Waals surface area contributed by atoms with Gasteiger partial charge in [-0.1, -0.05) is 6.07 Å². The Bertz CT molecular complexity index is 785. The molecule has 0 saturated carbocycles. The van der Waals surface area contributed by atoms with Gasteiger partial charge in [0.2, 0.25) is 0 Å². The molecule has 0 fully saturated rings. The van der Waals surface area contributed by atoms with Crippen molar-refractivity contribution in [3.05, 3.63) is 39.1 Å². The summed E-state index contributed by atoms with van der Waals surface area (Å²) in [5.41, 5.74) is 8.75. The van der Waals surface area contributed by atoms with Gasteiger partial charge in [-0.05, 0) is 19.1 Å². The van der Waals surface area contributed by atoms with Crippen LogP contribution in [0, 0.1) is 0 Å². The van der Waals surface area contributed by atoms with E-state index in [1.54, 1.807) is 4.57 Å². The first kappa shape index (κ1) is 12.1. The predicted molar refractivity (Wildman–Crippen MR) is 75.1 cm³/mol. The van der Waals surface area contributed by atoms with Gasteiger partial charge in [0.05, 0.1) is 11.2 Å². The van der Waals surface area contributed by atoms with Crippen LogP contribution in [0.2, 0.25) is 0 Å². The summed E-state index contributed by atoms with van der Waals surface area (Å²) < 4.78 is 6.85. The smallest absolute Gasteiger partial charge is 0.408 e. The Morgan fingerprint density at radius 3 is 3.00 bits per heavy atom. The molecule has 2 N–H and O–H groups in total. The van der Waals surface area contributed by atoms with E-state index >= 15 is 0 Å².